The van der Waals surface area contributed by atoms with Crippen molar-refractivity contribution in [2.45, 2.75) is 40.5 Å². The second-order valence-electron chi connectivity index (χ2n) is 6.27. The first-order valence-corrected chi connectivity index (χ1v) is 6.46. The van der Waals surface area contributed by atoms with Crippen LogP contribution in [0.3, 0.4) is 0 Å². The Morgan fingerprint density at radius 3 is 2.58 bits per heavy atom. The molecule has 0 bridgehead atoms. The van der Waals surface area contributed by atoms with Gasteiger partial charge < -0.3 is 0 Å². The Kier molecular flexibility index (Phi) is 4.83. The summed E-state index contributed by atoms with van der Waals surface area (Å²) in [6, 6.07) is 5.96. The minimum atomic E-state index is -0.628. The van der Waals surface area contributed by atoms with Crippen LogP contribution in [0.25, 0.3) is 0 Å². The SMILES string of the molecule is CC(CC(=O)c1cccc(F)c1C#N)CC(C)(C)C. The maximum atomic E-state index is 13.4. The number of ketones is 1. The fraction of sp³-hybridized carbons (Fsp3) is 0.500. The highest BCUT2D eigenvalue weighted by atomic mass is 19.1. The molecule has 2 nitrogen and oxygen atoms in total. The molecule has 1 atom stereocenters. The van der Waals surface area contributed by atoms with Crippen LogP contribution < -0.4 is 0 Å². The lowest BCUT2D eigenvalue weighted by Crippen LogP contribution is -2.15. The first kappa shape index (κ1) is 15.4. The predicted molar refractivity (Wildman–Crippen MR) is 73.3 cm³/mol. The molecule has 1 rings (SSSR count). The Hall–Kier alpha value is -1.69. The van der Waals surface area contributed by atoms with Crippen LogP contribution in [-0.2, 0) is 0 Å². The number of halogens is 1. The number of benzene rings is 1. The van der Waals surface area contributed by atoms with E-state index >= 15 is 0 Å². The van der Waals surface area contributed by atoms with E-state index in [1.165, 1.54) is 18.2 Å². The lowest BCUT2D eigenvalue weighted by atomic mass is 9.82. The van der Waals surface area contributed by atoms with Gasteiger partial charge in [-0.2, -0.15) is 5.26 Å². The zero-order valence-electron chi connectivity index (χ0n) is 12.0. The monoisotopic (exact) mass is 261 g/mol. The first-order chi connectivity index (χ1) is 8.74. The molecule has 3 heteroatoms. The molecular formula is C16H20FNO. The normalized spacial score (nSPS) is 12.8. The zero-order chi connectivity index (χ0) is 14.6. The molecular weight excluding hydrogens is 241 g/mol. The fourth-order valence-corrected chi connectivity index (χ4v) is 2.41. The van der Waals surface area contributed by atoms with E-state index in [0.29, 0.717) is 6.42 Å². The van der Waals surface area contributed by atoms with E-state index in [0.717, 1.165) is 6.42 Å². The number of Topliss-reactive ketones (excluding diaryl/α,β-unsaturated/α-hetero) is 1. The van der Waals surface area contributed by atoms with Gasteiger partial charge in [0.2, 0.25) is 0 Å². The summed E-state index contributed by atoms with van der Waals surface area (Å²) >= 11 is 0. The van der Waals surface area contributed by atoms with E-state index in [4.69, 9.17) is 5.26 Å². The van der Waals surface area contributed by atoms with Crippen LogP contribution in [0.15, 0.2) is 18.2 Å². The highest BCUT2D eigenvalue weighted by Crippen LogP contribution is 2.27. The molecule has 0 aliphatic rings. The van der Waals surface area contributed by atoms with E-state index < -0.39 is 5.82 Å². The van der Waals surface area contributed by atoms with Crippen molar-refractivity contribution in [3.63, 3.8) is 0 Å². The standard InChI is InChI=1S/C16H20FNO/c1-11(9-16(2,3)4)8-15(19)12-6-5-7-14(17)13(12)10-18/h5-7,11H,8-9H2,1-4H3. The third-order valence-electron chi connectivity index (χ3n) is 2.92. The molecule has 0 heterocycles. The molecule has 1 unspecified atom stereocenters. The average Bonchev–Trinajstić information content (AvgIpc) is 2.25. The molecule has 0 amide bonds. The van der Waals surface area contributed by atoms with E-state index in [1.54, 1.807) is 6.07 Å². The van der Waals surface area contributed by atoms with Gasteiger partial charge in [-0.15, -0.1) is 0 Å². The molecule has 1 aromatic rings. The fourth-order valence-electron chi connectivity index (χ4n) is 2.41. The molecule has 0 aliphatic carbocycles. The van der Waals surface area contributed by atoms with Crippen LogP contribution in [0.1, 0.15) is 56.5 Å². The zero-order valence-corrected chi connectivity index (χ0v) is 12.0. The molecule has 19 heavy (non-hydrogen) atoms. The summed E-state index contributed by atoms with van der Waals surface area (Å²) in [6.45, 7) is 8.37. The van der Waals surface area contributed by atoms with Crippen LogP contribution in [0.4, 0.5) is 4.39 Å². The number of carbonyl (C=O) groups excluding carboxylic acids is 1. The van der Waals surface area contributed by atoms with Crippen molar-refractivity contribution >= 4 is 5.78 Å². The summed E-state index contributed by atoms with van der Waals surface area (Å²) < 4.78 is 13.4. The Bertz CT molecular complexity index is 508. The van der Waals surface area contributed by atoms with Gasteiger partial charge in [-0.3, -0.25) is 4.79 Å². The maximum absolute atomic E-state index is 13.4. The first-order valence-electron chi connectivity index (χ1n) is 6.46. The van der Waals surface area contributed by atoms with Crippen molar-refractivity contribution in [2.24, 2.45) is 11.3 Å². The van der Waals surface area contributed by atoms with Crippen LogP contribution in [0.2, 0.25) is 0 Å². The number of hydrogen-bond donors (Lipinski definition) is 0. The summed E-state index contributed by atoms with van der Waals surface area (Å²) in [5.41, 5.74) is 0.207. The quantitative estimate of drug-likeness (QED) is 0.756. The van der Waals surface area contributed by atoms with Gasteiger partial charge in [-0.05, 0) is 29.9 Å². The average molecular weight is 261 g/mol. The molecule has 102 valence electrons. The molecule has 0 saturated heterocycles. The van der Waals surface area contributed by atoms with Crippen molar-refractivity contribution in [3.05, 3.63) is 35.1 Å². The summed E-state index contributed by atoms with van der Waals surface area (Å²) in [4.78, 5) is 12.2. The van der Waals surface area contributed by atoms with E-state index in [2.05, 4.69) is 20.8 Å². The van der Waals surface area contributed by atoms with Gasteiger partial charge in [0.15, 0.2) is 5.78 Å². The van der Waals surface area contributed by atoms with E-state index in [-0.39, 0.29) is 28.2 Å². The minimum absolute atomic E-state index is 0.143. The molecule has 1 aromatic carbocycles. The van der Waals surface area contributed by atoms with Crippen molar-refractivity contribution in [3.8, 4) is 6.07 Å². The number of nitrogens with zero attached hydrogens (tertiary/aromatic N) is 1. The number of hydrogen-bond acceptors (Lipinski definition) is 2. The summed E-state index contributed by atoms with van der Waals surface area (Å²) in [5, 5.41) is 8.93. The molecule has 0 radical (unpaired) electrons. The second kappa shape index (κ2) is 5.97. The highest BCUT2D eigenvalue weighted by Gasteiger charge is 2.20. The van der Waals surface area contributed by atoms with Crippen LogP contribution in [0.5, 0.6) is 0 Å². The highest BCUT2D eigenvalue weighted by molar-refractivity contribution is 5.98. The molecule has 0 saturated carbocycles. The molecule has 0 N–H and O–H groups in total. The van der Waals surface area contributed by atoms with Gasteiger partial charge in [0.25, 0.3) is 0 Å². The number of rotatable bonds is 4. The minimum Gasteiger partial charge on any atom is -0.294 e. The Balaban J connectivity index is 2.86. The van der Waals surface area contributed by atoms with Crippen molar-refractivity contribution < 1.29 is 9.18 Å². The van der Waals surface area contributed by atoms with Crippen LogP contribution in [-0.4, -0.2) is 5.78 Å². The summed E-state index contributed by atoms with van der Waals surface area (Å²) in [7, 11) is 0. The predicted octanol–water partition coefficient (Wildman–Crippen LogP) is 4.34. The smallest absolute Gasteiger partial charge is 0.164 e. The van der Waals surface area contributed by atoms with Crippen LogP contribution >= 0.6 is 0 Å². The lowest BCUT2D eigenvalue weighted by molar-refractivity contribution is 0.0953. The summed E-state index contributed by atoms with van der Waals surface area (Å²) in [5.74, 6) is -0.577. The largest absolute Gasteiger partial charge is 0.294 e. The number of carbonyl (C=O) groups is 1. The Labute approximate surface area is 114 Å². The van der Waals surface area contributed by atoms with Crippen molar-refractivity contribution in [1.82, 2.24) is 0 Å². The third-order valence-corrected chi connectivity index (χ3v) is 2.92. The van der Waals surface area contributed by atoms with Gasteiger partial charge in [0.1, 0.15) is 11.9 Å². The maximum Gasteiger partial charge on any atom is 0.164 e. The molecule has 0 aromatic heterocycles. The van der Waals surface area contributed by atoms with Gasteiger partial charge >= 0.3 is 0 Å². The summed E-state index contributed by atoms with van der Waals surface area (Å²) in [6.07, 6.45) is 1.26. The van der Waals surface area contributed by atoms with Crippen molar-refractivity contribution in [2.75, 3.05) is 0 Å². The topological polar surface area (TPSA) is 40.9 Å². The lowest BCUT2D eigenvalue weighted by Gasteiger charge is -2.22. The number of nitriles is 1. The van der Waals surface area contributed by atoms with E-state index in [1.807, 2.05) is 6.92 Å². The second-order valence-corrected chi connectivity index (χ2v) is 6.27. The third kappa shape index (κ3) is 4.48. The Morgan fingerprint density at radius 2 is 2.05 bits per heavy atom. The van der Waals surface area contributed by atoms with Crippen LogP contribution in [0, 0.1) is 28.5 Å². The molecule has 0 spiro atoms. The Morgan fingerprint density at radius 1 is 1.42 bits per heavy atom. The van der Waals surface area contributed by atoms with E-state index in [9.17, 15) is 9.18 Å². The van der Waals surface area contributed by atoms with Gasteiger partial charge in [-0.25, -0.2) is 4.39 Å². The van der Waals surface area contributed by atoms with Gasteiger partial charge in [-0.1, -0.05) is 33.8 Å². The molecule has 0 fully saturated rings. The molecule has 0 aliphatic heterocycles. The van der Waals surface area contributed by atoms with Gasteiger partial charge in [0.05, 0.1) is 5.56 Å². The van der Waals surface area contributed by atoms with Gasteiger partial charge in [0, 0.05) is 12.0 Å². The van der Waals surface area contributed by atoms with Crippen molar-refractivity contribution in [1.29, 1.82) is 5.26 Å².